The van der Waals surface area contributed by atoms with E-state index in [1.807, 2.05) is 4.68 Å². The van der Waals surface area contributed by atoms with Gasteiger partial charge in [0.25, 0.3) is 0 Å². The van der Waals surface area contributed by atoms with Gasteiger partial charge in [-0.2, -0.15) is 5.10 Å². The van der Waals surface area contributed by atoms with Gasteiger partial charge < -0.3 is 4.98 Å². The smallest absolute Gasteiger partial charge is 0.137 e. The van der Waals surface area contributed by atoms with Crippen LogP contribution in [-0.4, -0.2) is 37.7 Å². The molecule has 21 heavy (non-hydrogen) atoms. The molecule has 2 aromatic heterocycles. The molecule has 0 saturated carbocycles. The molecular weight excluding hydrogens is 262 g/mol. The third kappa shape index (κ3) is 2.45. The SMILES string of the molecule is c1ccc2c3c([nH]c2c1)CN(CCCn1cncn1)CC3. The van der Waals surface area contributed by atoms with E-state index in [9.17, 15) is 0 Å². The maximum absolute atomic E-state index is 4.14. The molecule has 5 heteroatoms. The van der Waals surface area contributed by atoms with Crippen LogP contribution in [0.4, 0.5) is 0 Å². The average molecular weight is 281 g/mol. The average Bonchev–Trinajstić information content (AvgIpc) is 3.13. The first-order valence-electron chi connectivity index (χ1n) is 7.53. The largest absolute Gasteiger partial charge is 0.357 e. The van der Waals surface area contributed by atoms with Crippen molar-refractivity contribution in [3.63, 3.8) is 0 Å². The van der Waals surface area contributed by atoms with Crippen molar-refractivity contribution < 1.29 is 0 Å². The summed E-state index contributed by atoms with van der Waals surface area (Å²) in [5.74, 6) is 0. The minimum Gasteiger partial charge on any atom is -0.357 e. The molecule has 0 saturated heterocycles. The van der Waals surface area contributed by atoms with Crippen LogP contribution in [0, 0.1) is 0 Å². The van der Waals surface area contributed by atoms with Crippen LogP contribution in [0.1, 0.15) is 17.7 Å². The Morgan fingerprint density at radius 1 is 1.19 bits per heavy atom. The molecule has 1 aromatic carbocycles. The Morgan fingerprint density at radius 3 is 3.05 bits per heavy atom. The number of rotatable bonds is 4. The van der Waals surface area contributed by atoms with Crippen molar-refractivity contribution in [1.29, 1.82) is 0 Å². The summed E-state index contributed by atoms with van der Waals surface area (Å²) in [5, 5.41) is 5.54. The summed E-state index contributed by atoms with van der Waals surface area (Å²) in [6.07, 6.45) is 5.63. The first kappa shape index (κ1) is 12.6. The number of aromatic nitrogens is 4. The van der Waals surface area contributed by atoms with Gasteiger partial charge >= 0.3 is 0 Å². The summed E-state index contributed by atoms with van der Waals surface area (Å²) in [5.41, 5.74) is 4.17. The molecule has 0 unspecified atom stereocenters. The molecule has 0 radical (unpaired) electrons. The highest BCUT2D eigenvalue weighted by molar-refractivity contribution is 5.84. The van der Waals surface area contributed by atoms with Crippen LogP contribution in [0.3, 0.4) is 0 Å². The zero-order valence-electron chi connectivity index (χ0n) is 12.0. The molecule has 5 nitrogen and oxygen atoms in total. The van der Waals surface area contributed by atoms with E-state index in [1.54, 1.807) is 12.7 Å². The Morgan fingerprint density at radius 2 is 2.14 bits per heavy atom. The first-order valence-corrected chi connectivity index (χ1v) is 7.53. The molecule has 108 valence electrons. The van der Waals surface area contributed by atoms with E-state index in [1.165, 1.54) is 22.2 Å². The predicted octanol–water partition coefficient (Wildman–Crippen LogP) is 2.21. The monoisotopic (exact) mass is 281 g/mol. The second kappa shape index (κ2) is 5.33. The summed E-state index contributed by atoms with van der Waals surface area (Å²) in [6, 6.07) is 8.62. The number of hydrogen-bond acceptors (Lipinski definition) is 3. The highest BCUT2D eigenvalue weighted by Gasteiger charge is 2.19. The predicted molar refractivity (Wildman–Crippen MR) is 81.9 cm³/mol. The van der Waals surface area contributed by atoms with Crippen molar-refractivity contribution in [3.8, 4) is 0 Å². The number of nitrogens with zero attached hydrogens (tertiary/aromatic N) is 4. The molecule has 0 aliphatic carbocycles. The van der Waals surface area contributed by atoms with Gasteiger partial charge in [0.2, 0.25) is 0 Å². The standard InChI is InChI=1S/C16H19N5/c1-2-5-15-13(4-1)14-6-9-20(10-16(14)19-15)7-3-8-21-12-17-11-18-21/h1-2,4-5,11-12,19H,3,6-10H2. The van der Waals surface area contributed by atoms with E-state index < -0.39 is 0 Å². The van der Waals surface area contributed by atoms with Crippen LogP contribution in [0.5, 0.6) is 0 Å². The fourth-order valence-corrected chi connectivity index (χ4v) is 3.24. The lowest BCUT2D eigenvalue weighted by Gasteiger charge is -2.26. The van der Waals surface area contributed by atoms with E-state index >= 15 is 0 Å². The molecule has 3 heterocycles. The highest BCUT2D eigenvalue weighted by atomic mass is 15.3. The van der Waals surface area contributed by atoms with E-state index in [0.29, 0.717) is 0 Å². The van der Waals surface area contributed by atoms with Crippen LogP contribution in [0.2, 0.25) is 0 Å². The minimum atomic E-state index is 0.941. The number of fused-ring (bicyclic) bond motifs is 3. The summed E-state index contributed by atoms with van der Waals surface area (Å²) >= 11 is 0. The Hall–Kier alpha value is -2.14. The molecule has 0 spiro atoms. The van der Waals surface area contributed by atoms with Gasteiger partial charge in [0, 0.05) is 42.8 Å². The van der Waals surface area contributed by atoms with Crippen molar-refractivity contribution in [1.82, 2.24) is 24.6 Å². The Kier molecular flexibility index (Phi) is 3.20. The normalized spacial score (nSPS) is 15.4. The maximum Gasteiger partial charge on any atom is 0.137 e. The Labute approximate surface area is 123 Å². The minimum absolute atomic E-state index is 0.941. The van der Waals surface area contributed by atoms with Gasteiger partial charge in [0.05, 0.1) is 0 Å². The summed E-state index contributed by atoms with van der Waals surface area (Å²) in [6.45, 7) is 4.22. The molecule has 0 amide bonds. The summed E-state index contributed by atoms with van der Waals surface area (Å²) < 4.78 is 1.90. The van der Waals surface area contributed by atoms with Crippen molar-refractivity contribution >= 4 is 10.9 Å². The van der Waals surface area contributed by atoms with E-state index in [2.05, 4.69) is 44.2 Å². The number of hydrogen-bond donors (Lipinski definition) is 1. The van der Waals surface area contributed by atoms with Crippen LogP contribution in [-0.2, 0) is 19.5 Å². The van der Waals surface area contributed by atoms with E-state index in [-0.39, 0.29) is 0 Å². The van der Waals surface area contributed by atoms with Crippen LogP contribution in [0.15, 0.2) is 36.9 Å². The molecule has 0 fully saturated rings. The second-order valence-electron chi connectivity index (χ2n) is 5.67. The number of H-pyrrole nitrogens is 1. The molecule has 1 aliphatic rings. The van der Waals surface area contributed by atoms with Crippen LogP contribution < -0.4 is 0 Å². The zero-order chi connectivity index (χ0) is 14.1. The first-order chi connectivity index (χ1) is 10.4. The lowest BCUT2D eigenvalue weighted by atomic mass is 10.0. The van der Waals surface area contributed by atoms with Crippen LogP contribution in [0.25, 0.3) is 10.9 Å². The summed E-state index contributed by atoms with van der Waals surface area (Å²) in [7, 11) is 0. The molecular formula is C16H19N5. The van der Waals surface area contributed by atoms with E-state index in [0.717, 1.165) is 39.0 Å². The van der Waals surface area contributed by atoms with Gasteiger partial charge in [0.15, 0.2) is 0 Å². The fraction of sp³-hybridized carbons (Fsp3) is 0.375. The number of nitrogens with one attached hydrogen (secondary N) is 1. The second-order valence-corrected chi connectivity index (χ2v) is 5.67. The van der Waals surface area contributed by atoms with Gasteiger partial charge in [-0.3, -0.25) is 9.58 Å². The van der Waals surface area contributed by atoms with Gasteiger partial charge in [-0.25, -0.2) is 4.98 Å². The van der Waals surface area contributed by atoms with Crippen molar-refractivity contribution in [2.45, 2.75) is 25.9 Å². The van der Waals surface area contributed by atoms with Crippen molar-refractivity contribution in [2.75, 3.05) is 13.1 Å². The topological polar surface area (TPSA) is 49.7 Å². The third-order valence-corrected chi connectivity index (χ3v) is 4.29. The quantitative estimate of drug-likeness (QED) is 0.797. The van der Waals surface area contributed by atoms with Crippen molar-refractivity contribution in [3.05, 3.63) is 48.2 Å². The zero-order valence-corrected chi connectivity index (χ0v) is 12.0. The maximum atomic E-state index is 4.14. The van der Waals surface area contributed by atoms with E-state index in [4.69, 9.17) is 0 Å². The van der Waals surface area contributed by atoms with Crippen LogP contribution >= 0.6 is 0 Å². The Balaban J connectivity index is 1.42. The van der Waals surface area contributed by atoms with Crippen molar-refractivity contribution in [2.24, 2.45) is 0 Å². The van der Waals surface area contributed by atoms with Gasteiger partial charge in [-0.05, 0) is 24.5 Å². The lowest BCUT2D eigenvalue weighted by Crippen LogP contribution is -2.31. The molecule has 1 aliphatic heterocycles. The van der Waals surface area contributed by atoms with Gasteiger partial charge in [-0.1, -0.05) is 18.2 Å². The fourth-order valence-electron chi connectivity index (χ4n) is 3.24. The van der Waals surface area contributed by atoms with Gasteiger partial charge in [-0.15, -0.1) is 0 Å². The third-order valence-electron chi connectivity index (χ3n) is 4.29. The molecule has 0 atom stereocenters. The Bertz CT molecular complexity index is 728. The molecule has 4 rings (SSSR count). The number of aryl methyl sites for hydroxylation is 1. The number of benzene rings is 1. The highest BCUT2D eigenvalue weighted by Crippen LogP contribution is 2.27. The number of aromatic amines is 1. The number of para-hydroxylation sites is 1. The molecule has 3 aromatic rings. The molecule has 0 bridgehead atoms. The molecule has 1 N–H and O–H groups in total. The summed E-state index contributed by atoms with van der Waals surface area (Å²) in [4.78, 5) is 10.1. The van der Waals surface area contributed by atoms with Gasteiger partial charge in [0.1, 0.15) is 12.7 Å². The lowest BCUT2D eigenvalue weighted by molar-refractivity contribution is 0.243.